The number of methoxy groups -OCH3 is 1. The summed E-state index contributed by atoms with van der Waals surface area (Å²) in [4.78, 5) is 19.8. The molecule has 28 heavy (non-hydrogen) atoms. The summed E-state index contributed by atoms with van der Waals surface area (Å²) in [7, 11) is 1.61. The van der Waals surface area contributed by atoms with Gasteiger partial charge in [-0.15, -0.1) is 0 Å². The molecule has 2 aromatic carbocycles. The number of fused-ring (bicyclic) bond motifs is 1. The minimum atomic E-state index is -0.292. The predicted octanol–water partition coefficient (Wildman–Crippen LogP) is 4.59. The molecule has 0 aliphatic rings. The third-order valence-electron chi connectivity index (χ3n) is 5.00. The zero-order chi connectivity index (χ0) is 20.3. The van der Waals surface area contributed by atoms with Gasteiger partial charge in [0.15, 0.2) is 0 Å². The topological polar surface area (TPSA) is 42.4 Å². The average Bonchev–Trinajstić information content (AvgIpc) is 2.68. The number of aromatic nitrogens is 1. The molecular formula is C23H25FN2O2. The largest absolute Gasteiger partial charge is 0.383 e. The Morgan fingerprint density at radius 1 is 1.11 bits per heavy atom. The van der Waals surface area contributed by atoms with E-state index in [2.05, 4.69) is 4.98 Å². The van der Waals surface area contributed by atoms with Crippen molar-refractivity contribution in [2.45, 2.75) is 27.3 Å². The molecule has 0 bridgehead atoms. The van der Waals surface area contributed by atoms with E-state index in [1.807, 2.05) is 39.0 Å². The minimum Gasteiger partial charge on any atom is -0.383 e. The SMILES string of the molecule is COCCN(Cc1ccc(F)cc1)C(=O)c1cc(C)nc2c(C)c(C)ccc12. The van der Waals surface area contributed by atoms with Crippen LogP contribution in [-0.2, 0) is 11.3 Å². The third kappa shape index (κ3) is 4.20. The van der Waals surface area contributed by atoms with Gasteiger partial charge < -0.3 is 9.64 Å². The first-order chi connectivity index (χ1) is 13.4. The van der Waals surface area contributed by atoms with Gasteiger partial charge in [0.05, 0.1) is 17.7 Å². The maximum atomic E-state index is 13.5. The Morgan fingerprint density at radius 2 is 1.82 bits per heavy atom. The van der Waals surface area contributed by atoms with Crippen molar-refractivity contribution >= 4 is 16.8 Å². The van der Waals surface area contributed by atoms with Crippen molar-refractivity contribution in [3.05, 3.63) is 76.2 Å². The van der Waals surface area contributed by atoms with Gasteiger partial charge in [-0.2, -0.15) is 0 Å². The molecule has 146 valence electrons. The first-order valence-corrected chi connectivity index (χ1v) is 9.31. The van der Waals surface area contributed by atoms with E-state index in [1.165, 1.54) is 12.1 Å². The molecule has 5 heteroatoms. The number of nitrogens with zero attached hydrogens (tertiary/aromatic N) is 2. The van der Waals surface area contributed by atoms with Crippen molar-refractivity contribution in [2.75, 3.05) is 20.3 Å². The highest BCUT2D eigenvalue weighted by Crippen LogP contribution is 2.25. The smallest absolute Gasteiger partial charge is 0.254 e. The molecule has 0 saturated heterocycles. The molecule has 0 atom stereocenters. The average molecular weight is 380 g/mol. The second kappa shape index (κ2) is 8.48. The van der Waals surface area contributed by atoms with E-state index in [1.54, 1.807) is 24.1 Å². The van der Waals surface area contributed by atoms with Crippen LogP contribution in [0.1, 0.15) is 32.7 Å². The summed E-state index contributed by atoms with van der Waals surface area (Å²) in [5.74, 6) is -0.375. The lowest BCUT2D eigenvalue weighted by atomic mass is 10.00. The number of carbonyl (C=O) groups is 1. The van der Waals surface area contributed by atoms with Gasteiger partial charge in [-0.3, -0.25) is 9.78 Å². The number of hydrogen-bond donors (Lipinski definition) is 0. The fraction of sp³-hybridized carbons (Fsp3) is 0.304. The van der Waals surface area contributed by atoms with Gasteiger partial charge in [-0.05, 0) is 55.7 Å². The van der Waals surface area contributed by atoms with Crippen LogP contribution in [0.4, 0.5) is 4.39 Å². The van der Waals surface area contributed by atoms with Crippen LogP contribution < -0.4 is 0 Å². The molecule has 3 rings (SSSR count). The van der Waals surface area contributed by atoms with E-state index in [4.69, 9.17) is 4.74 Å². The Kier molecular flexibility index (Phi) is 6.05. The molecular weight excluding hydrogens is 355 g/mol. The van der Waals surface area contributed by atoms with Crippen LogP contribution in [0.2, 0.25) is 0 Å². The van der Waals surface area contributed by atoms with Crippen LogP contribution in [0.3, 0.4) is 0 Å². The summed E-state index contributed by atoms with van der Waals surface area (Å²) in [6.07, 6.45) is 0. The highest BCUT2D eigenvalue weighted by Gasteiger charge is 2.20. The molecule has 0 aliphatic heterocycles. The lowest BCUT2D eigenvalue weighted by Crippen LogP contribution is -2.33. The Morgan fingerprint density at radius 3 is 2.50 bits per heavy atom. The Bertz CT molecular complexity index is 1000. The molecule has 0 radical (unpaired) electrons. The lowest BCUT2D eigenvalue weighted by Gasteiger charge is -2.24. The standard InChI is InChI=1S/C23H25FN2O2/c1-15-5-10-20-21(13-16(2)25-22(20)17(15)3)23(27)26(11-12-28-4)14-18-6-8-19(24)9-7-18/h5-10,13H,11-12,14H2,1-4H3. The second-order valence-corrected chi connectivity index (χ2v) is 7.06. The van der Waals surface area contributed by atoms with Crippen LogP contribution in [-0.4, -0.2) is 36.1 Å². The number of pyridine rings is 1. The van der Waals surface area contributed by atoms with Gasteiger partial charge in [0.2, 0.25) is 0 Å². The van der Waals surface area contributed by atoms with E-state index in [0.29, 0.717) is 25.3 Å². The maximum absolute atomic E-state index is 13.5. The van der Waals surface area contributed by atoms with Gasteiger partial charge in [0.1, 0.15) is 5.82 Å². The van der Waals surface area contributed by atoms with Crippen LogP contribution in [0.15, 0.2) is 42.5 Å². The van der Waals surface area contributed by atoms with Crippen LogP contribution in [0.5, 0.6) is 0 Å². The molecule has 3 aromatic rings. The first kappa shape index (κ1) is 20.0. The van der Waals surface area contributed by atoms with Crippen molar-refractivity contribution in [2.24, 2.45) is 0 Å². The number of amides is 1. The van der Waals surface area contributed by atoms with E-state index in [9.17, 15) is 9.18 Å². The summed E-state index contributed by atoms with van der Waals surface area (Å²) >= 11 is 0. The molecule has 0 spiro atoms. The summed E-state index contributed by atoms with van der Waals surface area (Å²) in [5, 5.41) is 0.847. The molecule has 1 heterocycles. The van der Waals surface area contributed by atoms with E-state index in [0.717, 1.165) is 33.3 Å². The monoisotopic (exact) mass is 380 g/mol. The number of rotatable bonds is 6. The van der Waals surface area contributed by atoms with Crippen LogP contribution in [0, 0.1) is 26.6 Å². The number of benzene rings is 2. The Labute approximate surface area is 165 Å². The van der Waals surface area contributed by atoms with Crippen molar-refractivity contribution in [3.63, 3.8) is 0 Å². The zero-order valence-corrected chi connectivity index (χ0v) is 16.8. The number of carbonyl (C=O) groups excluding carboxylic acids is 1. The predicted molar refractivity (Wildman–Crippen MR) is 109 cm³/mol. The van der Waals surface area contributed by atoms with Crippen LogP contribution in [0.25, 0.3) is 10.9 Å². The fourth-order valence-corrected chi connectivity index (χ4v) is 3.27. The number of hydrogen-bond acceptors (Lipinski definition) is 3. The van der Waals surface area contributed by atoms with Gasteiger partial charge in [0, 0.05) is 31.3 Å². The summed E-state index contributed by atoms with van der Waals surface area (Å²) in [6, 6.07) is 12.0. The van der Waals surface area contributed by atoms with Crippen molar-refractivity contribution in [1.29, 1.82) is 0 Å². The van der Waals surface area contributed by atoms with Gasteiger partial charge in [0.25, 0.3) is 5.91 Å². The molecule has 0 unspecified atom stereocenters. The van der Waals surface area contributed by atoms with Crippen molar-refractivity contribution in [1.82, 2.24) is 9.88 Å². The minimum absolute atomic E-state index is 0.0832. The van der Waals surface area contributed by atoms with Gasteiger partial charge in [-0.25, -0.2) is 4.39 Å². The molecule has 1 amide bonds. The third-order valence-corrected chi connectivity index (χ3v) is 5.00. The molecule has 4 nitrogen and oxygen atoms in total. The molecule has 0 aliphatic carbocycles. The van der Waals surface area contributed by atoms with E-state index >= 15 is 0 Å². The summed E-state index contributed by atoms with van der Waals surface area (Å²) in [6.45, 7) is 7.22. The summed E-state index contributed by atoms with van der Waals surface area (Å²) in [5.41, 5.74) is 5.38. The number of halogens is 1. The Hall–Kier alpha value is -2.79. The maximum Gasteiger partial charge on any atom is 0.254 e. The van der Waals surface area contributed by atoms with Gasteiger partial charge >= 0.3 is 0 Å². The molecule has 1 aromatic heterocycles. The zero-order valence-electron chi connectivity index (χ0n) is 16.8. The lowest BCUT2D eigenvalue weighted by molar-refractivity contribution is 0.0682. The van der Waals surface area contributed by atoms with Gasteiger partial charge in [-0.1, -0.05) is 24.3 Å². The van der Waals surface area contributed by atoms with Crippen molar-refractivity contribution in [3.8, 4) is 0 Å². The highest BCUT2D eigenvalue weighted by atomic mass is 19.1. The van der Waals surface area contributed by atoms with E-state index < -0.39 is 0 Å². The number of ether oxygens (including phenoxy) is 1. The second-order valence-electron chi connectivity index (χ2n) is 7.06. The molecule has 0 fully saturated rings. The van der Waals surface area contributed by atoms with E-state index in [-0.39, 0.29) is 11.7 Å². The molecule has 0 saturated carbocycles. The quantitative estimate of drug-likeness (QED) is 0.628. The fourth-order valence-electron chi connectivity index (χ4n) is 3.27. The Balaban J connectivity index is 2.02. The number of aryl methyl sites for hydroxylation is 3. The normalized spacial score (nSPS) is 11.0. The van der Waals surface area contributed by atoms with Crippen molar-refractivity contribution < 1.29 is 13.9 Å². The van der Waals surface area contributed by atoms with Crippen LogP contribution >= 0.6 is 0 Å². The first-order valence-electron chi connectivity index (χ1n) is 9.31. The summed E-state index contributed by atoms with van der Waals surface area (Å²) < 4.78 is 18.4. The molecule has 0 N–H and O–H groups in total. The highest BCUT2D eigenvalue weighted by molar-refractivity contribution is 6.07.